The Morgan fingerprint density at radius 3 is 2.83 bits per heavy atom. The molecule has 0 saturated heterocycles. The Balaban J connectivity index is 2.73. The van der Waals surface area contributed by atoms with E-state index in [1.54, 1.807) is 38.4 Å². The molecule has 0 aliphatic rings. The van der Waals surface area contributed by atoms with Crippen LogP contribution in [-0.2, 0) is 6.54 Å². The third-order valence-corrected chi connectivity index (χ3v) is 2.32. The molecule has 0 saturated carbocycles. The van der Waals surface area contributed by atoms with E-state index in [2.05, 4.69) is 10.3 Å². The largest absolute Gasteiger partial charge is 0.481 e. The summed E-state index contributed by atoms with van der Waals surface area (Å²) in [6, 6.07) is 3.61. The number of ether oxygens (including phenoxy) is 1. The summed E-state index contributed by atoms with van der Waals surface area (Å²) in [5, 5.41) is 13.2. The van der Waals surface area contributed by atoms with Crippen LogP contribution >= 0.6 is 0 Å². The van der Waals surface area contributed by atoms with Gasteiger partial charge >= 0.3 is 0 Å². The molecule has 0 amide bonds. The average molecular weight is 252 g/mol. The topological polar surface area (TPSA) is 80.5 Å². The van der Waals surface area contributed by atoms with E-state index in [4.69, 9.17) is 4.74 Å². The fraction of sp³-hybridized carbons (Fsp3) is 0.364. The molecule has 0 atom stereocenters. The van der Waals surface area contributed by atoms with Crippen LogP contribution in [0.4, 0.5) is 0 Å². The minimum Gasteiger partial charge on any atom is -0.481 e. The summed E-state index contributed by atoms with van der Waals surface area (Å²) in [6.45, 7) is 0.511. The Morgan fingerprint density at radius 1 is 1.67 bits per heavy atom. The average Bonchev–Trinajstić information content (AvgIpc) is 2.36. The molecule has 0 spiro atoms. The standard InChI is InChI=1S/C11H16N4O3/c1-12-10(8-15(16)17)14(2)7-9-4-5-11(18-3)13-6-9/h4-6,8,12H,7H2,1-3H3/b10-8-. The van der Waals surface area contributed by atoms with Crippen molar-refractivity contribution in [3.63, 3.8) is 0 Å². The number of nitrogens with zero attached hydrogens (tertiary/aromatic N) is 3. The molecule has 1 aromatic rings. The van der Waals surface area contributed by atoms with Gasteiger partial charge in [-0.2, -0.15) is 0 Å². The van der Waals surface area contributed by atoms with Gasteiger partial charge in [0.05, 0.1) is 12.0 Å². The van der Waals surface area contributed by atoms with Crippen LogP contribution in [0, 0.1) is 10.1 Å². The van der Waals surface area contributed by atoms with Crippen molar-refractivity contribution in [2.24, 2.45) is 0 Å². The minimum absolute atomic E-state index is 0.427. The van der Waals surface area contributed by atoms with Gasteiger partial charge in [-0.1, -0.05) is 6.07 Å². The van der Waals surface area contributed by atoms with Crippen molar-refractivity contribution < 1.29 is 9.66 Å². The normalized spacial score (nSPS) is 10.9. The number of pyridine rings is 1. The third-order valence-electron chi connectivity index (χ3n) is 2.32. The second-order valence-electron chi connectivity index (χ2n) is 3.61. The van der Waals surface area contributed by atoms with Crippen LogP contribution in [0.25, 0.3) is 0 Å². The second kappa shape index (κ2) is 6.43. The molecule has 0 radical (unpaired) electrons. The number of hydrogen-bond acceptors (Lipinski definition) is 6. The smallest absolute Gasteiger partial charge is 0.274 e. The lowest BCUT2D eigenvalue weighted by Crippen LogP contribution is -2.26. The molecular weight excluding hydrogens is 236 g/mol. The van der Waals surface area contributed by atoms with Crippen molar-refractivity contribution in [1.82, 2.24) is 15.2 Å². The van der Waals surface area contributed by atoms with Gasteiger partial charge < -0.3 is 15.0 Å². The van der Waals surface area contributed by atoms with Crippen LogP contribution in [-0.4, -0.2) is 36.0 Å². The van der Waals surface area contributed by atoms with Crippen molar-refractivity contribution in [1.29, 1.82) is 0 Å². The molecule has 1 N–H and O–H groups in total. The van der Waals surface area contributed by atoms with Gasteiger partial charge in [-0.25, -0.2) is 4.98 Å². The van der Waals surface area contributed by atoms with Gasteiger partial charge in [-0.3, -0.25) is 10.1 Å². The molecule has 0 unspecified atom stereocenters. The van der Waals surface area contributed by atoms with Crippen LogP contribution in [0.1, 0.15) is 5.56 Å². The van der Waals surface area contributed by atoms with Crippen molar-refractivity contribution in [3.05, 3.63) is 46.0 Å². The molecule has 0 aromatic carbocycles. The zero-order chi connectivity index (χ0) is 13.5. The monoisotopic (exact) mass is 252 g/mol. The molecule has 0 aliphatic heterocycles. The van der Waals surface area contributed by atoms with Gasteiger partial charge in [-0.15, -0.1) is 0 Å². The first kappa shape index (κ1) is 13.8. The SMILES string of the molecule is CN/C(=C/[N+](=O)[O-])N(C)Cc1ccc(OC)nc1. The maximum atomic E-state index is 10.4. The Labute approximate surface area is 105 Å². The number of rotatable bonds is 6. The lowest BCUT2D eigenvalue weighted by atomic mass is 10.2. The predicted octanol–water partition coefficient (Wildman–Crippen LogP) is 0.817. The summed E-state index contributed by atoms with van der Waals surface area (Å²) >= 11 is 0. The molecule has 7 nitrogen and oxygen atoms in total. The fourth-order valence-electron chi connectivity index (χ4n) is 1.44. The zero-order valence-corrected chi connectivity index (χ0v) is 10.6. The van der Waals surface area contributed by atoms with Gasteiger partial charge in [0, 0.05) is 32.9 Å². The quantitative estimate of drug-likeness (QED) is 0.596. The lowest BCUT2D eigenvalue weighted by Gasteiger charge is -2.20. The van der Waals surface area contributed by atoms with E-state index in [9.17, 15) is 10.1 Å². The van der Waals surface area contributed by atoms with Crippen LogP contribution in [0.15, 0.2) is 30.4 Å². The van der Waals surface area contributed by atoms with E-state index >= 15 is 0 Å². The van der Waals surface area contributed by atoms with Crippen LogP contribution in [0.5, 0.6) is 5.88 Å². The third kappa shape index (κ3) is 3.93. The summed E-state index contributed by atoms with van der Waals surface area (Å²) in [4.78, 5) is 15.8. The molecule has 18 heavy (non-hydrogen) atoms. The highest BCUT2D eigenvalue weighted by atomic mass is 16.6. The van der Waals surface area contributed by atoms with E-state index in [0.29, 0.717) is 18.2 Å². The number of methoxy groups -OCH3 is 1. The highest BCUT2D eigenvalue weighted by Gasteiger charge is 2.08. The molecule has 0 aliphatic carbocycles. The molecule has 0 fully saturated rings. The van der Waals surface area contributed by atoms with E-state index in [0.717, 1.165) is 11.8 Å². The first-order valence-corrected chi connectivity index (χ1v) is 5.30. The van der Waals surface area contributed by atoms with Gasteiger partial charge in [0.15, 0.2) is 5.82 Å². The fourth-order valence-corrected chi connectivity index (χ4v) is 1.44. The minimum atomic E-state index is -0.491. The van der Waals surface area contributed by atoms with Gasteiger partial charge in [0.25, 0.3) is 6.20 Å². The molecule has 1 heterocycles. The van der Waals surface area contributed by atoms with E-state index in [1.807, 2.05) is 6.07 Å². The Hall–Kier alpha value is -2.31. The van der Waals surface area contributed by atoms with Crippen LogP contribution < -0.4 is 10.1 Å². The van der Waals surface area contributed by atoms with Crippen molar-refractivity contribution in [2.45, 2.75) is 6.54 Å². The first-order valence-electron chi connectivity index (χ1n) is 5.30. The molecule has 7 heteroatoms. The number of hydrogen-bond donors (Lipinski definition) is 1. The summed E-state index contributed by atoms with van der Waals surface area (Å²) in [5.41, 5.74) is 0.933. The summed E-state index contributed by atoms with van der Waals surface area (Å²) < 4.78 is 4.96. The van der Waals surface area contributed by atoms with Crippen LogP contribution in [0.3, 0.4) is 0 Å². The predicted molar refractivity (Wildman–Crippen MR) is 66.4 cm³/mol. The number of nitro groups is 1. The summed E-state index contributed by atoms with van der Waals surface area (Å²) in [6.07, 6.45) is 2.60. The molecule has 1 aromatic heterocycles. The first-order chi connectivity index (χ1) is 8.56. The van der Waals surface area contributed by atoms with Crippen molar-refractivity contribution >= 4 is 0 Å². The van der Waals surface area contributed by atoms with Crippen molar-refractivity contribution in [2.75, 3.05) is 21.2 Å². The Kier molecular flexibility index (Phi) is 4.91. The van der Waals surface area contributed by atoms with Gasteiger partial charge in [0.2, 0.25) is 5.88 Å². The van der Waals surface area contributed by atoms with E-state index in [1.165, 1.54) is 0 Å². The zero-order valence-electron chi connectivity index (χ0n) is 10.6. The summed E-state index contributed by atoms with van der Waals surface area (Å²) in [7, 11) is 4.95. The molecule has 98 valence electrons. The van der Waals surface area contributed by atoms with Gasteiger partial charge in [-0.05, 0) is 5.56 Å². The highest BCUT2D eigenvalue weighted by Crippen LogP contribution is 2.10. The van der Waals surface area contributed by atoms with E-state index in [-0.39, 0.29) is 0 Å². The lowest BCUT2D eigenvalue weighted by molar-refractivity contribution is -0.404. The maximum Gasteiger partial charge on any atom is 0.274 e. The van der Waals surface area contributed by atoms with E-state index < -0.39 is 4.92 Å². The number of nitrogens with one attached hydrogen (secondary N) is 1. The molecular formula is C11H16N4O3. The summed E-state index contributed by atoms with van der Waals surface area (Å²) in [5.74, 6) is 0.965. The maximum absolute atomic E-state index is 10.4. The molecule has 0 bridgehead atoms. The van der Waals surface area contributed by atoms with Gasteiger partial charge in [0.1, 0.15) is 0 Å². The highest BCUT2D eigenvalue weighted by molar-refractivity contribution is 5.18. The van der Waals surface area contributed by atoms with Crippen LogP contribution in [0.2, 0.25) is 0 Å². The van der Waals surface area contributed by atoms with Crippen molar-refractivity contribution in [3.8, 4) is 5.88 Å². The Morgan fingerprint density at radius 2 is 2.39 bits per heavy atom. The number of aromatic nitrogens is 1. The molecule has 1 rings (SSSR count). The Bertz CT molecular complexity index is 430. The second-order valence-corrected chi connectivity index (χ2v) is 3.61.